The van der Waals surface area contributed by atoms with Crippen molar-refractivity contribution in [2.75, 3.05) is 10.2 Å². The second-order valence-corrected chi connectivity index (χ2v) is 4.41. The summed E-state index contributed by atoms with van der Waals surface area (Å²) in [7, 11) is 0. The highest BCUT2D eigenvalue weighted by atomic mass is 19.4. The summed E-state index contributed by atoms with van der Waals surface area (Å²) >= 11 is 0. The van der Waals surface area contributed by atoms with E-state index in [1.54, 1.807) is 18.2 Å². The van der Waals surface area contributed by atoms with Crippen LogP contribution in [-0.2, 0) is 0 Å². The Morgan fingerprint density at radius 2 is 2.00 bits per heavy atom. The van der Waals surface area contributed by atoms with Gasteiger partial charge in [0.15, 0.2) is 0 Å². The van der Waals surface area contributed by atoms with E-state index in [-0.39, 0.29) is 17.1 Å². The first-order chi connectivity index (χ1) is 9.38. The Balaban J connectivity index is 2.26. The van der Waals surface area contributed by atoms with Gasteiger partial charge in [-0.15, -0.1) is 0 Å². The van der Waals surface area contributed by atoms with Crippen LogP contribution in [-0.4, -0.2) is 17.0 Å². The molecule has 1 atom stereocenters. The highest BCUT2D eigenvalue weighted by molar-refractivity contribution is 5.84. The first kappa shape index (κ1) is 12.6. The molecule has 2 aliphatic heterocycles. The number of nitrogens with one attached hydrogen (secondary N) is 1. The van der Waals surface area contributed by atoms with E-state index in [0.29, 0.717) is 16.7 Å². The molecule has 7 heteroatoms. The van der Waals surface area contributed by atoms with Crippen LogP contribution < -0.4 is 10.2 Å². The molecule has 0 amide bonds. The van der Waals surface area contributed by atoms with Gasteiger partial charge in [0.1, 0.15) is 11.9 Å². The molecule has 0 spiro atoms. The predicted octanol–water partition coefficient (Wildman–Crippen LogP) is 2.47. The number of anilines is 2. The van der Waals surface area contributed by atoms with Crippen molar-refractivity contribution in [1.29, 1.82) is 5.26 Å². The highest BCUT2D eigenvalue weighted by Crippen LogP contribution is 2.48. The number of rotatable bonds is 0. The number of hydrogen-bond donors (Lipinski definition) is 2. The van der Waals surface area contributed by atoms with Gasteiger partial charge < -0.3 is 10.4 Å². The molecule has 1 aromatic carbocycles. The first-order valence-electron chi connectivity index (χ1n) is 5.67. The van der Waals surface area contributed by atoms with Crippen molar-refractivity contribution in [3.8, 4) is 6.07 Å². The molecule has 0 aliphatic carbocycles. The monoisotopic (exact) mass is 279 g/mol. The van der Waals surface area contributed by atoms with Gasteiger partial charge >= 0.3 is 6.18 Å². The van der Waals surface area contributed by atoms with E-state index in [1.807, 2.05) is 6.07 Å². The summed E-state index contributed by atoms with van der Waals surface area (Å²) in [4.78, 5) is 0.695. The third kappa shape index (κ3) is 1.45. The Kier molecular flexibility index (Phi) is 2.37. The van der Waals surface area contributed by atoms with Crippen molar-refractivity contribution in [2.45, 2.75) is 11.9 Å². The summed E-state index contributed by atoms with van der Waals surface area (Å²) in [6.45, 7) is 0. The molecule has 4 nitrogen and oxygen atoms in total. The largest absolute Gasteiger partial charge is 0.441 e. The van der Waals surface area contributed by atoms with Crippen LogP contribution in [0.25, 0.3) is 0 Å². The minimum absolute atomic E-state index is 0.0233. The smallest absolute Gasteiger partial charge is 0.360 e. The lowest BCUT2D eigenvalue weighted by Crippen LogP contribution is -2.58. The van der Waals surface area contributed by atoms with E-state index < -0.39 is 11.9 Å². The standard InChI is InChI=1S/C13H8F3N3O/c14-13(15,16)12(20)6-5-8(7-17)11-18-9-3-1-2-4-10(9)19(11)12/h1-6,18,20H. The van der Waals surface area contributed by atoms with Crippen molar-refractivity contribution < 1.29 is 18.3 Å². The lowest BCUT2D eigenvalue weighted by molar-refractivity contribution is -0.237. The molecular formula is C13H8F3N3O. The quantitative estimate of drug-likeness (QED) is 0.766. The second-order valence-electron chi connectivity index (χ2n) is 4.41. The zero-order valence-corrected chi connectivity index (χ0v) is 9.94. The molecule has 0 radical (unpaired) electrons. The van der Waals surface area contributed by atoms with Gasteiger partial charge in [-0.3, -0.25) is 4.90 Å². The summed E-state index contributed by atoms with van der Waals surface area (Å²) in [5.74, 6) is -0.0731. The fourth-order valence-corrected chi connectivity index (χ4v) is 2.28. The van der Waals surface area contributed by atoms with Crippen LogP contribution >= 0.6 is 0 Å². The van der Waals surface area contributed by atoms with E-state index in [9.17, 15) is 18.3 Å². The van der Waals surface area contributed by atoms with Crippen molar-refractivity contribution in [3.63, 3.8) is 0 Å². The predicted molar refractivity (Wildman–Crippen MR) is 65.3 cm³/mol. The van der Waals surface area contributed by atoms with Gasteiger partial charge in [0.05, 0.1) is 16.9 Å². The third-order valence-electron chi connectivity index (χ3n) is 3.24. The fourth-order valence-electron chi connectivity index (χ4n) is 2.28. The normalized spacial score (nSPS) is 24.1. The topological polar surface area (TPSA) is 59.3 Å². The van der Waals surface area contributed by atoms with Gasteiger partial charge in [0.2, 0.25) is 0 Å². The van der Waals surface area contributed by atoms with Gasteiger partial charge in [-0.2, -0.15) is 18.4 Å². The van der Waals surface area contributed by atoms with Crippen LogP contribution in [0.15, 0.2) is 47.8 Å². The van der Waals surface area contributed by atoms with Gasteiger partial charge in [-0.05, 0) is 24.3 Å². The molecule has 0 bridgehead atoms. The molecule has 0 aromatic heterocycles. The van der Waals surface area contributed by atoms with E-state index in [2.05, 4.69) is 5.32 Å². The van der Waals surface area contributed by atoms with Crippen LogP contribution in [0.5, 0.6) is 0 Å². The SMILES string of the molecule is N#CC1=C2Nc3ccccc3N2C(O)(C(F)(F)F)C=C1. The van der Waals surface area contributed by atoms with Crippen molar-refractivity contribution in [1.82, 2.24) is 0 Å². The maximum Gasteiger partial charge on any atom is 0.441 e. The van der Waals surface area contributed by atoms with E-state index in [0.717, 1.165) is 6.08 Å². The molecular weight excluding hydrogens is 271 g/mol. The molecule has 0 saturated carbocycles. The van der Waals surface area contributed by atoms with E-state index in [4.69, 9.17) is 5.26 Å². The van der Waals surface area contributed by atoms with Crippen LogP contribution in [0.4, 0.5) is 24.5 Å². The molecule has 1 unspecified atom stereocenters. The molecule has 2 aliphatic rings. The van der Waals surface area contributed by atoms with Crippen LogP contribution in [0.3, 0.4) is 0 Å². The Hall–Kier alpha value is -2.46. The van der Waals surface area contributed by atoms with Gasteiger partial charge in [-0.25, -0.2) is 0 Å². The summed E-state index contributed by atoms with van der Waals surface area (Å²) in [5.41, 5.74) is -2.58. The molecule has 102 valence electrons. The molecule has 20 heavy (non-hydrogen) atoms. The number of benzene rings is 1. The zero-order chi connectivity index (χ0) is 14.5. The van der Waals surface area contributed by atoms with Crippen molar-refractivity contribution >= 4 is 11.4 Å². The number of nitrogens with zero attached hydrogens (tertiary/aromatic N) is 2. The van der Waals surface area contributed by atoms with Crippen LogP contribution in [0, 0.1) is 11.3 Å². The molecule has 1 aromatic rings. The second kappa shape index (κ2) is 3.77. The minimum Gasteiger partial charge on any atom is -0.360 e. The Bertz CT molecular complexity index is 687. The third-order valence-corrected chi connectivity index (χ3v) is 3.24. The van der Waals surface area contributed by atoms with Gasteiger partial charge in [0.25, 0.3) is 5.72 Å². The van der Waals surface area contributed by atoms with Crippen molar-refractivity contribution in [3.05, 3.63) is 47.8 Å². The first-order valence-corrected chi connectivity index (χ1v) is 5.67. The molecule has 0 saturated heterocycles. The number of nitriles is 1. The van der Waals surface area contributed by atoms with Crippen LogP contribution in [0.1, 0.15) is 0 Å². The number of alkyl halides is 3. The lowest BCUT2D eigenvalue weighted by atomic mass is 10.0. The van der Waals surface area contributed by atoms with Crippen LogP contribution in [0.2, 0.25) is 0 Å². The number of allylic oxidation sites excluding steroid dienone is 2. The Morgan fingerprint density at radius 3 is 2.65 bits per heavy atom. The number of halogens is 3. The van der Waals surface area contributed by atoms with E-state index >= 15 is 0 Å². The number of para-hydroxylation sites is 2. The summed E-state index contributed by atoms with van der Waals surface area (Å²) in [6, 6.07) is 8.04. The molecule has 3 rings (SSSR count). The maximum absolute atomic E-state index is 13.2. The maximum atomic E-state index is 13.2. The average molecular weight is 279 g/mol. The van der Waals surface area contributed by atoms with Crippen molar-refractivity contribution in [2.24, 2.45) is 0 Å². The molecule has 2 N–H and O–H groups in total. The summed E-state index contributed by atoms with van der Waals surface area (Å²) < 4.78 is 39.6. The average Bonchev–Trinajstić information content (AvgIpc) is 2.78. The molecule has 0 fully saturated rings. The number of fused-ring (bicyclic) bond motifs is 3. The number of aliphatic hydroxyl groups is 1. The zero-order valence-electron chi connectivity index (χ0n) is 9.94. The van der Waals surface area contributed by atoms with Gasteiger partial charge in [0, 0.05) is 0 Å². The summed E-state index contributed by atoms with van der Waals surface area (Å²) in [6.07, 6.45) is -3.36. The Morgan fingerprint density at radius 1 is 1.30 bits per heavy atom. The Labute approximate surface area is 112 Å². The lowest BCUT2D eigenvalue weighted by Gasteiger charge is -2.39. The fraction of sp³-hybridized carbons (Fsp3) is 0.154. The number of hydrogen-bond acceptors (Lipinski definition) is 4. The highest BCUT2D eigenvalue weighted by Gasteiger charge is 2.60. The minimum atomic E-state index is -4.91. The molecule has 2 heterocycles. The summed E-state index contributed by atoms with van der Waals surface area (Å²) in [5, 5.41) is 21.8. The van der Waals surface area contributed by atoms with Gasteiger partial charge in [-0.1, -0.05) is 12.1 Å². The van der Waals surface area contributed by atoms with E-state index in [1.165, 1.54) is 6.07 Å².